The highest BCUT2D eigenvalue weighted by Crippen LogP contribution is 2.53. The second-order valence-electron chi connectivity index (χ2n) is 4.61. The predicted molar refractivity (Wildman–Crippen MR) is 60.5 cm³/mol. The lowest BCUT2D eigenvalue weighted by molar-refractivity contribution is -0.145. The third kappa shape index (κ3) is 1.50. The largest absolute Gasteiger partial charge is 0.494 e. The van der Waals surface area contributed by atoms with Crippen molar-refractivity contribution in [2.24, 2.45) is 5.92 Å². The molecule has 3 unspecified atom stereocenters. The van der Waals surface area contributed by atoms with Gasteiger partial charge in [-0.3, -0.25) is 9.59 Å². The first-order chi connectivity index (χ1) is 8.68. The van der Waals surface area contributed by atoms with E-state index in [9.17, 15) is 9.59 Å². The lowest BCUT2D eigenvalue weighted by Crippen LogP contribution is -2.40. The number of hydrogen-bond donors (Lipinski definition) is 0. The molecule has 96 valence electrons. The van der Waals surface area contributed by atoms with Gasteiger partial charge in [0.2, 0.25) is 5.60 Å². The molecule has 3 atom stereocenters. The fraction of sp³-hybridized carbons (Fsp3) is 0.538. The quantitative estimate of drug-likeness (QED) is 0.546. The van der Waals surface area contributed by atoms with E-state index < -0.39 is 5.60 Å². The van der Waals surface area contributed by atoms with Crippen molar-refractivity contribution in [2.75, 3.05) is 13.2 Å². The van der Waals surface area contributed by atoms with Crippen molar-refractivity contribution in [2.45, 2.75) is 25.0 Å². The van der Waals surface area contributed by atoms with E-state index in [1.54, 1.807) is 19.1 Å². The Morgan fingerprint density at radius 2 is 2.44 bits per heavy atom. The van der Waals surface area contributed by atoms with Gasteiger partial charge in [-0.25, -0.2) is 0 Å². The van der Waals surface area contributed by atoms with Crippen molar-refractivity contribution < 1.29 is 23.8 Å². The molecule has 1 spiro atoms. The molecule has 3 rings (SSSR count). The van der Waals surface area contributed by atoms with Crippen LogP contribution in [-0.2, 0) is 23.8 Å². The summed E-state index contributed by atoms with van der Waals surface area (Å²) < 4.78 is 16.0. The number of ether oxygens (including phenoxy) is 3. The van der Waals surface area contributed by atoms with Gasteiger partial charge in [-0.05, 0) is 19.1 Å². The van der Waals surface area contributed by atoms with Crippen LogP contribution in [0.3, 0.4) is 0 Å². The summed E-state index contributed by atoms with van der Waals surface area (Å²) in [5, 5.41) is 0. The molecule has 1 aliphatic carbocycles. The SMILES string of the molecule is CCOC(=O)CC1COC2=CC=CC(=O)C23OC13. The van der Waals surface area contributed by atoms with Gasteiger partial charge in [0.1, 0.15) is 11.9 Å². The number of allylic oxidation sites excluding steroid dienone is 2. The minimum atomic E-state index is -0.940. The lowest BCUT2D eigenvalue weighted by Gasteiger charge is -2.26. The Hall–Kier alpha value is -1.62. The Morgan fingerprint density at radius 3 is 3.22 bits per heavy atom. The number of epoxide rings is 1. The smallest absolute Gasteiger partial charge is 0.306 e. The monoisotopic (exact) mass is 250 g/mol. The number of carbonyl (C=O) groups excluding carboxylic acids is 2. The zero-order chi connectivity index (χ0) is 12.8. The maximum absolute atomic E-state index is 11.9. The highest BCUT2D eigenvalue weighted by molar-refractivity contribution is 6.03. The van der Waals surface area contributed by atoms with Crippen LogP contribution < -0.4 is 0 Å². The molecule has 18 heavy (non-hydrogen) atoms. The van der Waals surface area contributed by atoms with Gasteiger partial charge in [0.15, 0.2) is 5.78 Å². The van der Waals surface area contributed by atoms with Gasteiger partial charge in [-0.2, -0.15) is 0 Å². The average Bonchev–Trinajstić information content (AvgIpc) is 3.08. The van der Waals surface area contributed by atoms with E-state index in [1.165, 1.54) is 6.08 Å². The van der Waals surface area contributed by atoms with Crippen LogP contribution in [0, 0.1) is 5.92 Å². The molecule has 3 aliphatic rings. The molecule has 0 amide bonds. The number of ketones is 1. The van der Waals surface area contributed by atoms with Crippen molar-refractivity contribution in [3.05, 3.63) is 24.0 Å². The van der Waals surface area contributed by atoms with Gasteiger partial charge in [0, 0.05) is 5.92 Å². The summed E-state index contributed by atoms with van der Waals surface area (Å²) in [7, 11) is 0. The predicted octanol–water partition coefficient (Wildman–Crippen LogP) is 0.746. The van der Waals surface area contributed by atoms with Gasteiger partial charge in [0.25, 0.3) is 0 Å². The molecule has 0 bridgehead atoms. The van der Waals surface area contributed by atoms with Gasteiger partial charge < -0.3 is 14.2 Å². The zero-order valence-electron chi connectivity index (χ0n) is 10.0. The number of rotatable bonds is 3. The number of esters is 1. The summed E-state index contributed by atoms with van der Waals surface area (Å²) in [4.78, 5) is 23.4. The Kier molecular flexibility index (Phi) is 2.52. The van der Waals surface area contributed by atoms with E-state index in [0.717, 1.165) is 0 Å². The molecule has 0 radical (unpaired) electrons. The topological polar surface area (TPSA) is 65.1 Å². The molecule has 2 saturated heterocycles. The van der Waals surface area contributed by atoms with Gasteiger partial charge in [-0.1, -0.05) is 6.08 Å². The minimum absolute atomic E-state index is 0.0986. The molecule has 5 heteroatoms. The minimum Gasteiger partial charge on any atom is -0.494 e. The van der Waals surface area contributed by atoms with E-state index in [2.05, 4.69) is 0 Å². The fourth-order valence-corrected chi connectivity index (χ4v) is 2.62. The van der Waals surface area contributed by atoms with Crippen molar-refractivity contribution in [3.8, 4) is 0 Å². The standard InChI is InChI=1S/C13H14O5/c1-2-16-11(15)6-8-7-17-10-5-3-4-9(14)13(10)12(8)18-13/h3-5,8,12H,2,6-7H2,1H3. The van der Waals surface area contributed by atoms with Crippen LogP contribution >= 0.6 is 0 Å². The van der Waals surface area contributed by atoms with E-state index in [4.69, 9.17) is 14.2 Å². The maximum Gasteiger partial charge on any atom is 0.306 e. The van der Waals surface area contributed by atoms with Crippen LogP contribution in [0.5, 0.6) is 0 Å². The first kappa shape index (κ1) is 11.5. The van der Waals surface area contributed by atoms with E-state index in [-0.39, 0.29) is 30.2 Å². The molecule has 5 nitrogen and oxygen atoms in total. The lowest BCUT2D eigenvalue weighted by atomic mass is 9.84. The third-order valence-corrected chi connectivity index (χ3v) is 3.50. The number of carbonyl (C=O) groups is 2. The molecule has 2 fully saturated rings. The van der Waals surface area contributed by atoms with E-state index in [0.29, 0.717) is 19.0 Å². The molecule has 0 saturated carbocycles. The molecule has 0 aromatic rings. The zero-order valence-corrected chi connectivity index (χ0v) is 10.0. The second kappa shape index (κ2) is 3.95. The van der Waals surface area contributed by atoms with Crippen LogP contribution in [0.15, 0.2) is 24.0 Å². The van der Waals surface area contributed by atoms with Crippen LogP contribution in [0.4, 0.5) is 0 Å². The summed E-state index contributed by atoms with van der Waals surface area (Å²) in [6.45, 7) is 2.51. The first-order valence-corrected chi connectivity index (χ1v) is 6.08. The normalized spacial score (nSPS) is 36.1. The van der Waals surface area contributed by atoms with Crippen LogP contribution in [-0.4, -0.2) is 36.7 Å². The molecular weight excluding hydrogens is 236 g/mol. The van der Waals surface area contributed by atoms with Crippen molar-refractivity contribution in [1.29, 1.82) is 0 Å². The fourth-order valence-electron chi connectivity index (χ4n) is 2.62. The number of hydrogen-bond acceptors (Lipinski definition) is 5. The van der Waals surface area contributed by atoms with Crippen LogP contribution in [0.2, 0.25) is 0 Å². The van der Waals surface area contributed by atoms with Gasteiger partial charge in [-0.15, -0.1) is 0 Å². The van der Waals surface area contributed by atoms with Crippen LogP contribution in [0.1, 0.15) is 13.3 Å². The molecule has 0 aromatic carbocycles. The average molecular weight is 250 g/mol. The van der Waals surface area contributed by atoms with Crippen molar-refractivity contribution >= 4 is 11.8 Å². The van der Waals surface area contributed by atoms with Crippen molar-refractivity contribution in [3.63, 3.8) is 0 Å². The van der Waals surface area contributed by atoms with E-state index >= 15 is 0 Å². The Morgan fingerprint density at radius 1 is 1.61 bits per heavy atom. The summed E-state index contributed by atoms with van der Waals surface area (Å²) in [5.41, 5.74) is -0.940. The van der Waals surface area contributed by atoms with Gasteiger partial charge in [0.05, 0.1) is 19.6 Å². The summed E-state index contributed by atoms with van der Waals surface area (Å²) in [5.74, 6) is 0.0818. The Bertz CT molecular complexity index is 464. The van der Waals surface area contributed by atoms with Crippen molar-refractivity contribution in [1.82, 2.24) is 0 Å². The first-order valence-electron chi connectivity index (χ1n) is 6.08. The highest BCUT2D eigenvalue weighted by Gasteiger charge is 2.70. The molecular formula is C13H14O5. The van der Waals surface area contributed by atoms with Crippen LogP contribution in [0.25, 0.3) is 0 Å². The molecule has 0 N–H and O–H groups in total. The summed E-state index contributed by atoms with van der Waals surface area (Å²) in [6, 6.07) is 0. The molecule has 0 aromatic heterocycles. The maximum atomic E-state index is 11.9. The second-order valence-corrected chi connectivity index (χ2v) is 4.61. The summed E-state index contributed by atoms with van der Waals surface area (Å²) >= 11 is 0. The highest BCUT2D eigenvalue weighted by atomic mass is 16.7. The molecule has 2 heterocycles. The Labute approximate surface area is 104 Å². The van der Waals surface area contributed by atoms with Gasteiger partial charge >= 0.3 is 5.97 Å². The third-order valence-electron chi connectivity index (χ3n) is 3.50. The molecule has 2 aliphatic heterocycles. The summed E-state index contributed by atoms with van der Waals surface area (Å²) in [6.07, 6.45) is 4.87. The Balaban J connectivity index is 1.73. The van der Waals surface area contributed by atoms with E-state index in [1.807, 2.05) is 0 Å².